The van der Waals surface area contributed by atoms with E-state index < -0.39 is 17.3 Å². The number of rotatable bonds is 6. The number of nitrogens with zero attached hydrogens (tertiary/aromatic N) is 2. The predicted molar refractivity (Wildman–Crippen MR) is 106 cm³/mol. The van der Waals surface area contributed by atoms with Crippen LogP contribution in [0.25, 0.3) is 10.9 Å². The number of aromatic nitrogens is 1. The number of benzene rings is 2. The van der Waals surface area contributed by atoms with Gasteiger partial charge < -0.3 is 9.67 Å². The Hall–Kier alpha value is -3.48. The van der Waals surface area contributed by atoms with Crippen molar-refractivity contribution in [2.45, 2.75) is 26.3 Å². The lowest BCUT2D eigenvalue weighted by Crippen LogP contribution is -2.31. The number of amides is 1. The van der Waals surface area contributed by atoms with Crippen LogP contribution in [0.3, 0.4) is 0 Å². The van der Waals surface area contributed by atoms with Crippen LogP contribution in [0.5, 0.6) is 5.75 Å². The topological polar surface area (TPSA) is 83.7 Å². The zero-order valence-electron chi connectivity index (χ0n) is 15.4. The van der Waals surface area contributed by atoms with Crippen molar-refractivity contribution in [2.24, 2.45) is 5.10 Å². The fourth-order valence-corrected chi connectivity index (χ4v) is 2.94. The molecule has 3 aromatic rings. The van der Waals surface area contributed by atoms with Gasteiger partial charge in [0, 0.05) is 11.9 Å². The molecule has 0 bridgehead atoms. The van der Waals surface area contributed by atoms with Crippen molar-refractivity contribution >= 4 is 23.0 Å². The summed E-state index contributed by atoms with van der Waals surface area (Å²) in [5.41, 5.74) is 2.30. The predicted octanol–water partition coefficient (Wildman–Crippen LogP) is 3.41. The van der Waals surface area contributed by atoms with Gasteiger partial charge in [-0.3, -0.25) is 9.59 Å². The van der Waals surface area contributed by atoms with Gasteiger partial charge in [-0.05, 0) is 36.2 Å². The van der Waals surface area contributed by atoms with Crippen molar-refractivity contribution in [1.82, 2.24) is 9.99 Å². The molecule has 7 heteroatoms. The Morgan fingerprint density at radius 3 is 2.79 bits per heavy atom. The second-order valence-corrected chi connectivity index (χ2v) is 6.31. The first-order valence-corrected chi connectivity index (χ1v) is 8.96. The standard InChI is InChI=1S/C21H20FN3O3/c1-2-3-11-25-17-10-5-4-9-16(17)19(26)18(21(25)28)20(27)24-23-13-14-7-6-8-15(22)12-14/h4-10,12-13,26H,2-3,11H2,1H3,(H,24,27)/b23-13-. The molecule has 0 unspecified atom stereocenters. The molecule has 3 rings (SSSR count). The highest BCUT2D eigenvalue weighted by Gasteiger charge is 2.21. The third kappa shape index (κ3) is 3.93. The minimum absolute atomic E-state index is 0.369. The number of hydrogen-bond donors (Lipinski definition) is 2. The number of carbonyl (C=O) groups is 1. The summed E-state index contributed by atoms with van der Waals surface area (Å²) in [6.07, 6.45) is 2.89. The van der Waals surface area contributed by atoms with Crippen molar-refractivity contribution in [1.29, 1.82) is 0 Å². The lowest BCUT2D eigenvalue weighted by Gasteiger charge is -2.14. The number of hydrazone groups is 1. The van der Waals surface area contributed by atoms with Gasteiger partial charge in [-0.1, -0.05) is 37.6 Å². The third-order valence-corrected chi connectivity index (χ3v) is 4.34. The number of unbranched alkanes of at least 4 members (excludes halogenated alkanes) is 1. The molecule has 1 aromatic heterocycles. The second kappa shape index (κ2) is 8.47. The van der Waals surface area contributed by atoms with Gasteiger partial charge in [0.2, 0.25) is 0 Å². The maximum atomic E-state index is 13.2. The van der Waals surface area contributed by atoms with Gasteiger partial charge in [0.15, 0.2) is 0 Å². The van der Waals surface area contributed by atoms with Gasteiger partial charge in [-0.25, -0.2) is 9.82 Å². The monoisotopic (exact) mass is 381 g/mol. The number of aromatic hydroxyl groups is 1. The molecule has 0 radical (unpaired) electrons. The zero-order valence-corrected chi connectivity index (χ0v) is 15.4. The minimum Gasteiger partial charge on any atom is -0.506 e. The van der Waals surface area contributed by atoms with Gasteiger partial charge >= 0.3 is 0 Å². The van der Waals surface area contributed by atoms with Crippen molar-refractivity contribution in [3.05, 3.63) is 75.8 Å². The van der Waals surface area contributed by atoms with E-state index in [1.54, 1.807) is 30.3 Å². The number of nitrogens with one attached hydrogen (secondary N) is 1. The summed E-state index contributed by atoms with van der Waals surface area (Å²) in [5, 5.41) is 14.7. The molecule has 2 aromatic carbocycles. The summed E-state index contributed by atoms with van der Waals surface area (Å²) in [7, 11) is 0. The molecule has 144 valence electrons. The molecule has 0 aliphatic carbocycles. The lowest BCUT2D eigenvalue weighted by atomic mass is 10.1. The molecule has 0 spiro atoms. The van der Waals surface area contributed by atoms with Crippen LogP contribution in [-0.4, -0.2) is 21.8 Å². The van der Waals surface area contributed by atoms with Gasteiger partial charge in [-0.15, -0.1) is 0 Å². The first-order chi connectivity index (χ1) is 13.5. The van der Waals surface area contributed by atoms with Crippen molar-refractivity contribution in [3.8, 4) is 5.75 Å². The molecule has 0 saturated carbocycles. The molecular formula is C21H20FN3O3. The van der Waals surface area contributed by atoms with E-state index >= 15 is 0 Å². The Kier molecular flexibility index (Phi) is 5.84. The average Bonchev–Trinajstić information content (AvgIpc) is 2.68. The van der Waals surface area contributed by atoms with Crippen molar-refractivity contribution in [2.75, 3.05) is 0 Å². The van der Waals surface area contributed by atoms with E-state index in [1.807, 2.05) is 6.92 Å². The van der Waals surface area contributed by atoms with E-state index in [4.69, 9.17) is 0 Å². The van der Waals surface area contributed by atoms with Gasteiger partial charge in [-0.2, -0.15) is 5.10 Å². The van der Waals surface area contributed by atoms with E-state index in [0.717, 1.165) is 12.8 Å². The van der Waals surface area contributed by atoms with E-state index in [-0.39, 0.29) is 11.3 Å². The molecule has 1 amide bonds. The van der Waals surface area contributed by atoms with Crippen LogP contribution in [0.2, 0.25) is 0 Å². The van der Waals surface area contributed by atoms with Gasteiger partial charge in [0.25, 0.3) is 11.5 Å². The molecule has 28 heavy (non-hydrogen) atoms. The van der Waals surface area contributed by atoms with Crippen molar-refractivity contribution in [3.63, 3.8) is 0 Å². The maximum absolute atomic E-state index is 13.2. The van der Waals surface area contributed by atoms with Crippen LogP contribution in [-0.2, 0) is 6.54 Å². The molecule has 0 aliphatic heterocycles. The molecule has 0 fully saturated rings. The molecule has 1 heterocycles. The Bertz CT molecular complexity index is 1110. The molecule has 0 saturated heterocycles. The number of fused-ring (bicyclic) bond motifs is 1. The highest BCUT2D eigenvalue weighted by atomic mass is 19.1. The first kappa shape index (κ1) is 19.3. The number of halogens is 1. The Balaban J connectivity index is 1.97. The molecule has 2 N–H and O–H groups in total. The van der Waals surface area contributed by atoms with Gasteiger partial charge in [0.1, 0.15) is 17.1 Å². The van der Waals surface area contributed by atoms with Crippen LogP contribution in [0.4, 0.5) is 4.39 Å². The number of aryl methyl sites for hydroxylation is 1. The number of para-hydroxylation sites is 1. The maximum Gasteiger partial charge on any atom is 0.280 e. The first-order valence-electron chi connectivity index (χ1n) is 8.96. The highest BCUT2D eigenvalue weighted by molar-refractivity contribution is 6.02. The summed E-state index contributed by atoms with van der Waals surface area (Å²) < 4.78 is 14.7. The highest BCUT2D eigenvalue weighted by Crippen LogP contribution is 2.26. The van der Waals surface area contributed by atoms with E-state index in [9.17, 15) is 19.1 Å². The van der Waals surface area contributed by atoms with Crippen LogP contribution in [0, 0.1) is 5.82 Å². The van der Waals surface area contributed by atoms with E-state index in [2.05, 4.69) is 10.5 Å². The molecule has 0 aliphatic rings. The zero-order chi connectivity index (χ0) is 20.1. The van der Waals surface area contributed by atoms with Crippen LogP contribution >= 0.6 is 0 Å². The minimum atomic E-state index is -0.828. The quantitative estimate of drug-likeness (QED) is 0.507. The largest absolute Gasteiger partial charge is 0.506 e. The molecule has 6 nitrogen and oxygen atoms in total. The SMILES string of the molecule is CCCCn1c(=O)c(C(=O)N/N=C\c2cccc(F)c2)c(O)c2ccccc21. The Labute approximate surface area is 160 Å². The summed E-state index contributed by atoms with van der Waals surface area (Å²) in [6, 6.07) is 12.6. The second-order valence-electron chi connectivity index (χ2n) is 6.31. The fourth-order valence-electron chi connectivity index (χ4n) is 2.94. The van der Waals surface area contributed by atoms with Gasteiger partial charge in [0.05, 0.1) is 11.7 Å². The molecular weight excluding hydrogens is 361 g/mol. The summed E-state index contributed by atoms with van der Waals surface area (Å²) in [5.74, 6) is -1.64. The van der Waals surface area contributed by atoms with Crippen LogP contribution < -0.4 is 11.0 Å². The summed E-state index contributed by atoms with van der Waals surface area (Å²) in [6.45, 7) is 2.44. The number of hydrogen-bond acceptors (Lipinski definition) is 4. The smallest absolute Gasteiger partial charge is 0.280 e. The van der Waals surface area contributed by atoms with E-state index in [1.165, 1.54) is 29.0 Å². The average molecular weight is 381 g/mol. The van der Waals surface area contributed by atoms with Crippen LogP contribution in [0.1, 0.15) is 35.7 Å². The fraction of sp³-hybridized carbons (Fsp3) is 0.190. The Morgan fingerprint density at radius 1 is 1.25 bits per heavy atom. The van der Waals surface area contributed by atoms with Crippen LogP contribution in [0.15, 0.2) is 58.4 Å². The lowest BCUT2D eigenvalue weighted by molar-refractivity contribution is 0.0950. The third-order valence-electron chi connectivity index (χ3n) is 4.34. The summed E-state index contributed by atoms with van der Waals surface area (Å²) in [4.78, 5) is 25.4. The number of pyridine rings is 1. The number of carbonyl (C=O) groups excluding carboxylic acids is 1. The Morgan fingerprint density at radius 2 is 2.04 bits per heavy atom. The van der Waals surface area contributed by atoms with E-state index in [0.29, 0.717) is 23.0 Å². The summed E-state index contributed by atoms with van der Waals surface area (Å²) >= 11 is 0. The molecule has 0 atom stereocenters. The van der Waals surface area contributed by atoms with Crippen molar-refractivity contribution < 1.29 is 14.3 Å². The normalized spacial score (nSPS) is 11.2.